The minimum absolute atomic E-state index is 0.207. The molecule has 6 heteroatoms. The van der Waals surface area contributed by atoms with Crippen molar-refractivity contribution in [3.8, 4) is 5.75 Å². The van der Waals surface area contributed by atoms with Gasteiger partial charge in [-0.3, -0.25) is 4.79 Å². The van der Waals surface area contributed by atoms with Crippen molar-refractivity contribution < 1.29 is 14.3 Å². The number of hydrogen-bond donors (Lipinski definition) is 3. The summed E-state index contributed by atoms with van der Waals surface area (Å²) in [6.07, 6.45) is 2.08. The fourth-order valence-electron chi connectivity index (χ4n) is 2.96. The number of nitrogens with one attached hydrogen (secondary N) is 3. The van der Waals surface area contributed by atoms with Crippen LogP contribution in [0.15, 0.2) is 78.9 Å². The highest BCUT2D eigenvalue weighted by Gasteiger charge is 2.23. The molecule has 0 heterocycles. The minimum atomic E-state index is -0.213. The molecule has 3 aromatic rings. The Morgan fingerprint density at radius 3 is 2.13 bits per heavy atom. The van der Waals surface area contributed by atoms with Crippen molar-refractivity contribution in [2.45, 2.75) is 25.5 Å². The highest BCUT2D eigenvalue weighted by Crippen LogP contribution is 2.20. The lowest BCUT2D eigenvalue weighted by Gasteiger charge is -2.12. The summed E-state index contributed by atoms with van der Waals surface area (Å²) in [6, 6.07) is 24.0. The van der Waals surface area contributed by atoms with Gasteiger partial charge in [-0.1, -0.05) is 36.4 Å². The lowest BCUT2D eigenvalue weighted by atomic mass is 10.1. The Morgan fingerprint density at radius 2 is 1.43 bits per heavy atom. The maximum absolute atomic E-state index is 12.8. The molecule has 0 bridgehead atoms. The average molecular weight is 401 g/mol. The number of para-hydroxylation sites is 1. The van der Waals surface area contributed by atoms with Crippen LogP contribution in [-0.4, -0.2) is 18.0 Å². The number of benzene rings is 3. The Balaban J connectivity index is 1.37. The third kappa shape index (κ3) is 5.38. The fraction of sp³-hybridized carbons (Fsp3) is 0.167. The zero-order chi connectivity index (χ0) is 20.8. The molecule has 1 aliphatic carbocycles. The van der Waals surface area contributed by atoms with Crippen molar-refractivity contribution in [2.75, 3.05) is 10.6 Å². The average Bonchev–Trinajstić information content (AvgIpc) is 3.58. The Kier molecular flexibility index (Phi) is 5.94. The summed E-state index contributed by atoms with van der Waals surface area (Å²) in [5.74, 6) is 0.538. The lowest BCUT2D eigenvalue weighted by Crippen LogP contribution is -2.30. The normalized spacial score (nSPS) is 12.7. The van der Waals surface area contributed by atoms with E-state index in [0.717, 1.165) is 24.2 Å². The standard InChI is InChI=1S/C24H23N3O3/c28-23(22-9-5-4-6-17(22)16-30-21-7-2-1-3-8-21)25-18-10-12-19(13-11-18)26-24(29)27-20-14-15-20/h1-13,20H,14-16H2,(H,25,28)(H2,26,27,29). The number of amides is 3. The van der Waals surface area contributed by atoms with Gasteiger partial charge in [-0.05, 0) is 55.3 Å². The van der Waals surface area contributed by atoms with Crippen molar-refractivity contribution in [3.05, 3.63) is 90.0 Å². The molecular weight excluding hydrogens is 378 g/mol. The van der Waals surface area contributed by atoms with E-state index in [1.807, 2.05) is 48.5 Å². The van der Waals surface area contributed by atoms with E-state index < -0.39 is 0 Å². The van der Waals surface area contributed by atoms with Gasteiger partial charge in [0.1, 0.15) is 12.4 Å². The summed E-state index contributed by atoms with van der Waals surface area (Å²) in [6.45, 7) is 0.298. The van der Waals surface area contributed by atoms with Gasteiger partial charge in [-0.25, -0.2) is 4.79 Å². The second-order valence-corrected chi connectivity index (χ2v) is 7.16. The quantitative estimate of drug-likeness (QED) is 0.532. The van der Waals surface area contributed by atoms with Crippen LogP contribution in [0.3, 0.4) is 0 Å². The molecule has 1 fully saturated rings. The Bertz CT molecular complexity index is 1020. The summed E-state index contributed by atoms with van der Waals surface area (Å²) in [7, 11) is 0. The number of ether oxygens (including phenoxy) is 1. The molecule has 3 amide bonds. The predicted octanol–water partition coefficient (Wildman–Crippen LogP) is 4.80. The van der Waals surface area contributed by atoms with Gasteiger partial charge in [0.2, 0.25) is 0 Å². The van der Waals surface area contributed by atoms with E-state index in [1.54, 1.807) is 30.3 Å². The molecule has 0 aromatic heterocycles. The molecule has 0 spiro atoms. The Morgan fingerprint density at radius 1 is 0.800 bits per heavy atom. The van der Waals surface area contributed by atoms with Crippen molar-refractivity contribution in [3.63, 3.8) is 0 Å². The number of carbonyl (C=O) groups is 2. The summed E-state index contributed by atoms with van der Waals surface area (Å²) in [4.78, 5) is 24.6. The molecule has 3 N–H and O–H groups in total. The van der Waals surface area contributed by atoms with E-state index in [4.69, 9.17) is 4.74 Å². The molecule has 1 saturated carbocycles. The molecule has 6 nitrogen and oxygen atoms in total. The number of hydrogen-bond acceptors (Lipinski definition) is 3. The van der Waals surface area contributed by atoms with E-state index in [9.17, 15) is 9.59 Å². The molecular formula is C24H23N3O3. The maximum Gasteiger partial charge on any atom is 0.319 e. The van der Waals surface area contributed by atoms with Crippen LogP contribution in [-0.2, 0) is 6.61 Å². The van der Waals surface area contributed by atoms with Crippen LogP contribution in [0.25, 0.3) is 0 Å². The molecule has 0 unspecified atom stereocenters. The largest absolute Gasteiger partial charge is 0.489 e. The minimum Gasteiger partial charge on any atom is -0.489 e. The molecule has 0 atom stereocenters. The number of anilines is 2. The Labute approximate surface area is 175 Å². The zero-order valence-electron chi connectivity index (χ0n) is 16.4. The second kappa shape index (κ2) is 9.13. The first kappa shape index (κ1) is 19.5. The van der Waals surface area contributed by atoms with E-state index in [2.05, 4.69) is 16.0 Å². The first-order valence-electron chi connectivity index (χ1n) is 9.92. The first-order valence-corrected chi connectivity index (χ1v) is 9.92. The SMILES string of the molecule is O=C(Nc1ccc(NC(=O)c2ccccc2COc2ccccc2)cc1)NC1CC1. The van der Waals surface area contributed by atoms with Gasteiger partial charge in [-0.15, -0.1) is 0 Å². The van der Waals surface area contributed by atoms with Gasteiger partial charge in [-0.2, -0.15) is 0 Å². The maximum atomic E-state index is 12.8. The second-order valence-electron chi connectivity index (χ2n) is 7.16. The number of carbonyl (C=O) groups excluding carboxylic acids is 2. The van der Waals surface area contributed by atoms with Crippen LogP contribution in [0.2, 0.25) is 0 Å². The molecule has 30 heavy (non-hydrogen) atoms. The van der Waals surface area contributed by atoms with Crippen LogP contribution in [0.1, 0.15) is 28.8 Å². The van der Waals surface area contributed by atoms with Gasteiger partial charge < -0.3 is 20.7 Å². The van der Waals surface area contributed by atoms with Crippen molar-refractivity contribution in [1.29, 1.82) is 0 Å². The van der Waals surface area contributed by atoms with Crippen LogP contribution >= 0.6 is 0 Å². The fourth-order valence-corrected chi connectivity index (χ4v) is 2.96. The van der Waals surface area contributed by atoms with Crippen LogP contribution < -0.4 is 20.7 Å². The third-order valence-corrected chi connectivity index (χ3v) is 4.71. The van der Waals surface area contributed by atoms with E-state index in [-0.39, 0.29) is 11.9 Å². The van der Waals surface area contributed by atoms with Crippen LogP contribution in [0.4, 0.5) is 16.2 Å². The molecule has 152 valence electrons. The van der Waals surface area contributed by atoms with Gasteiger partial charge in [0.15, 0.2) is 0 Å². The molecule has 0 radical (unpaired) electrons. The predicted molar refractivity (Wildman–Crippen MR) is 117 cm³/mol. The highest BCUT2D eigenvalue weighted by atomic mass is 16.5. The summed E-state index contributed by atoms with van der Waals surface area (Å²) < 4.78 is 5.79. The molecule has 1 aliphatic rings. The van der Waals surface area contributed by atoms with Crippen molar-refractivity contribution in [2.24, 2.45) is 0 Å². The summed E-state index contributed by atoms with van der Waals surface area (Å²) >= 11 is 0. The van der Waals surface area contributed by atoms with Gasteiger partial charge >= 0.3 is 6.03 Å². The lowest BCUT2D eigenvalue weighted by molar-refractivity contribution is 0.102. The van der Waals surface area contributed by atoms with E-state index in [0.29, 0.717) is 29.6 Å². The molecule has 3 aromatic carbocycles. The molecule has 0 saturated heterocycles. The van der Waals surface area contributed by atoms with Crippen molar-refractivity contribution in [1.82, 2.24) is 5.32 Å². The Hall–Kier alpha value is -3.80. The molecule has 4 rings (SSSR count). The first-order chi connectivity index (χ1) is 14.7. The monoisotopic (exact) mass is 401 g/mol. The van der Waals surface area contributed by atoms with E-state index in [1.165, 1.54) is 0 Å². The smallest absolute Gasteiger partial charge is 0.319 e. The van der Waals surface area contributed by atoms with Gasteiger partial charge in [0.05, 0.1) is 0 Å². The number of urea groups is 1. The number of rotatable bonds is 7. The highest BCUT2D eigenvalue weighted by molar-refractivity contribution is 6.05. The van der Waals surface area contributed by atoms with Crippen LogP contribution in [0.5, 0.6) is 5.75 Å². The summed E-state index contributed by atoms with van der Waals surface area (Å²) in [5.41, 5.74) is 2.67. The molecule has 0 aliphatic heterocycles. The van der Waals surface area contributed by atoms with Crippen molar-refractivity contribution >= 4 is 23.3 Å². The van der Waals surface area contributed by atoms with Gasteiger partial charge in [0, 0.05) is 28.5 Å². The topological polar surface area (TPSA) is 79.5 Å². The van der Waals surface area contributed by atoms with E-state index >= 15 is 0 Å². The summed E-state index contributed by atoms with van der Waals surface area (Å²) in [5, 5.41) is 8.55. The zero-order valence-corrected chi connectivity index (χ0v) is 16.4. The van der Waals surface area contributed by atoms with Crippen LogP contribution in [0, 0.1) is 0 Å². The van der Waals surface area contributed by atoms with Gasteiger partial charge in [0.25, 0.3) is 5.91 Å². The third-order valence-electron chi connectivity index (χ3n) is 4.71.